The molecule has 0 rings (SSSR count). The molecule has 4 heavy (non-hydrogen) atoms. The normalized spacial score (nSPS) is 0. The van der Waals surface area contributed by atoms with Crippen molar-refractivity contribution in [2.24, 2.45) is 0 Å². The molecule has 0 atom stereocenters. The van der Waals surface area contributed by atoms with Gasteiger partial charge in [-0.25, -0.2) is 0 Å². The third-order valence-electron chi connectivity index (χ3n) is 0. The van der Waals surface area contributed by atoms with Crippen LogP contribution < -0.4 is 0 Å². The van der Waals surface area contributed by atoms with Gasteiger partial charge in [-0.2, -0.15) is 0 Å². The van der Waals surface area contributed by atoms with E-state index in [0.29, 0.717) is 0 Å². The summed E-state index contributed by atoms with van der Waals surface area (Å²) in [6, 6.07) is 0. The van der Waals surface area contributed by atoms with Gasteiger partial charge in [-0.3, -0.25) is 0 Å². The summed E-state index contributed by atoms with van der Waals surface area (Å²) in [6.07, 6.45) is 0. The molecule has 4 heteroatoms. The van der Waals surface area contributed by atoms with E-state index in [1.54, 1.807) is 0 Å². The maximum Gasteiger partial charge on any atom is 0 e. The molecule has 0 unspecified atom stereocenters. The summed E-state index contributed by atoms with van der Waals surface area (Å²) >= 11 is 0. The van der Waals surface area contributed by atoms with E-state index in [9.17, 15) is 0 Å². The summed E-state index contributed by atoms with van der Waals surface area (Å²) in [6.45, 7) is 0. The van der Waals surface area contributed by atoms with Gasteiger partial charge in [0.1, 0.15) is 0 Å². The first-order valence-electron chi connectivity index (χ1n) is 0. The second-order valence-electron chi connectivity index (χ2n) is 0. The molecule has 0 N–H and O–H groups in total. The Hall–Kier alpha value is 4.20. The summed E-state index contributed by atoms with van der Waals surface area (Å²) in [5, 5.41) is 0. The van der Waals surface area contributed by atoms with Crippen LogP contribution in [0, 0.1) is 0 Å². The van der Waals surface area contributed by atoms with Crippen molar-refractivity contribution < 1.29 is 19.8 Å². The zero-order valence-corrected chi connectivity index (χ0v) is 12.4. The van der Waals surface area contributed by atoms with Gasteiger partial charge in [0.25, 0.3) is 0 Å². The molecule has 18 valence electrons. The Morgan fingerprint density at radius 1 is 0.750 bits per heavy atom. The zero-order chi connectivity index (χ0) is 0. The summed E-state index contributed by atoms with van der Waals surface area (Å²) in [5.41, 5.74) is 0. The molecule has 2 radical (unpaired) electrons. The van der Waals surface area contributed by atoms with Crippen molar-refractivity contribution in [2.45, 2.75) is 0 Å². The van der Waals surface area contributed by atoms with Crippen LogP contribution in [0.5, 0.6) is 0 Å². The average Bonchev–Trinajstić information content (AvgIpc) is 0. The van der Waals surface area contributed by atoms with Crippen molar-refractivity contribution in [1.29, 1.82) is 0 Å². The number of hydrogen-bond acceptors (Lipinski definition) is 0. The topological polar surface area (TPSA) is 0 Å². The van der Waals surface area contributed by atoms with Gasteiger partial charge in [-0.1, -0.05) is 0 Å². The molecule has 0 aliphatic rings. The van der Waals surface area contributed by atoms with Gasteiger partial charge < -0.3 is 0 Å². The first-order chi connectivity index (χ1) is 0. The van der Waals surface area contributed by atoms with E-state index in [-0.39, 0.29) is 135 Å². The first kappa shape index (κ1) is 24.1. The van der Waals surface area contributed by atoms with Crippen molar-refractivity contribution >= 4 is 115 Å². The Bertz CT molecular complexity index is 6.00. The predicted octanol–water partition coefficient (Wildman–Crippen LogP) is -0.342. The largest absolute Gasteiger partial charge is 0.147 e. The van der Waals surface area contributed by atoms with Crippen molar-refractivity contribution in [3.63, 3.8) is 0 Å². The van der Waals surface area contributed by atoms with Gasteiger partial charge in [-0.15, -0.1) is 12.4 Å². The summed E-state index contributed by atoms with van der Waals surface area (Å²) in [7, 11) is 0. The molecule has 0 heterocycles. The molecule has 0 aromatic heterocycles. The van der Waals surface area contributed by atoms with Crippen LogP contribution in [0.1, 0.15) is 0 Å². The molecule has 0 spiro atoms. The Labute approximate surface area is 131 Å². The zero-order valence-electron chi connectivity index (χ0n) is 2.76. The van der Waals surface area contributed by atoms with E-state index in [1.807, 2.05) is 0 Å². The van der Waals surface area contributed by atoms with Gasteiger partial charge in [0.15, 0.2) is 0 Å². The predicted molar refractivity (Wildman–Crippen MR) is 18.8 cm³/mol. The van der Waals surface area contributed by atoms with Crippen LogP contribution in [0.4, 0.5) is 0 Å². The van der Waals surface area contributed by atoms with E-state index >= 15 is 0 Å². The minimum absolute atomic E-state index is 0. The summed E-state index contributed by atoms with van der Waals surface area (Å²) in [4.78, 5) is 0. The van der Waals surface area contributed by atoms with Gasteiger partial charge in [0, 0.05) is 123 Å². The van der Waals surface area contributed by atoms with Gasteiger partial charge in [0.2, 0.25) is 0 Å². The van der Waals surface area contributed by atoms with Crippen LogP contribution in [-0.2, 0) is 19.8 Å². The molecular formula is HClK2Os. The number of hydrogen-bond donors (Lipinski definition) is 0. The van der Waals surface area contributed by atoms with Crippen LogP contribution in [0.25, 0.3) is 0 Å². The van der Waals surface area contributed by atoms with Gasteiger partial charge in [0.05, 0.1) is 0 Å². The molecule has 0 bridgehead atoms. The molecule has 0 aliphatic carbocycles. The maximum atomic E-state index is 0. The Kier molecular flexibility index (Phi) is 94.5. The van der Waals surface area contributed by atoms with Crippen LogP contribution >= 0.6 is 12.4 Å². The van der Waals surface area contributed by atoms with E-state index in [4.69, 9.17) is 0 Å². The molecule has 0 aromatic rings. The molecule has 0 aromatic carbocycles. The molecule has 0 amide bonds. The Morgan fingerprint density at radius 2 is 0.750 bits per heavy atom. The van der Waals surface area contributed by atoms with Crippen molar-refractivity contribution in [2.75, 3.05) is 0 Å². The third-order valence-corrected chi connectivity index (χ3v) is 0. The Balaban J connectivity index is 0. The van der Waals surface area contributed by atoms with Crippen molar-refractivity contribution in [3.05, 3.63) is 0 Å². The fourth-order valence-electron chi connectivity index (χ4n) is 0. The number of rotatable bonds is 0. The van der Waals surface area contributed by atoms with Crippen LogP contribution in [0.15, 0.2) is 0 Å². The van der Waals surface area contributed by atoms with E-state index < -0.39 is 0 Å². The third kappa shape index (κ3) is 9.50. The van der Waals surface area contributed by atoms with Crippen LogP contribution in [0.2, 0.25) is 0 Å². The standard InChI is InChI=1S/ClH.2K.Os/h1H;;;. The van der Waals surface area contributed by atoms with E-state index in [1.165, 1.54) is 0 Å². The maximum absolute atomic E-state index is 0. The second kappa shape index (κ2) is 15.7. The smallest absolute Gasteiger partial charge is 0 e. The quantitative estimate of drug-likeness (QED) is 0.537. The SMILES string of the molecule is Cl.[K].[K].[Os]. The van der Waals surface area contributed by atoms with Gasteiger partial charge >= 0.3 is 0 Å². The van der Waals surface area contributed by atoms with Crippen molar-refractivity contribution in [3.8, 4) is 0 Å². The monoisotopic (exact) mass is 306 g/mol. The molecule has 0 aliphatic heterocycles. The second-order valence-corrected chi connectivity index (χ2v) is 0. The molecule has 0 fully saturated rings. The van der Waals surface area contributed by atoms with Crippen LogP contribution in [0.3, 0.4) is 0 Å². The van der Waals surface area contributed by atoms with Gasteiger partial charge in [-0.05, 0) is 0 Å². The van der Waals surface area contributed by atoms with E-state index in [0.717, 1.165) is 0 Å². The molecule has 0 saturated carbocycles. The van der Waals surface area contributed by atoms with Crippen molar-refractivity contribution in [1.82, 2.24) is 0 Å². The fraction of sp³-hybridized carbons (Fsp3) is 0. The average molecular weight is 305 g/mol. The molecular weight excluding hydrogens is 304 g/mol. The summed E-state index contributed by atoms with van der Waals surface area (Å²) in [5.74, 6) is 0. The van der Waals surface area contributed by atoms with E-state index in [2.05, 4.69) is 0 Å². The Morgan fingerprint density at radius 3 is 0.750 bits per heavy atom. The fourth-order valence-corrected chi connectivity index (χ4v) is 0. The molecule has 0 saturated heterocycles. The first-order valence-corrected chi connectivity index (χ1v) is 0. The number of halogens is 1. The van der Waals surface area contributed by atoms with Crippen LogP contribution in [-0.4, -0.2) is 103 Å². The summed E-state index contributed by atoms with van der Waals surface area (Å²) < 4.78 is 0. The molecule has 0 nitrogen and oxygen atoms in total. The minimum atomic E-state index is 0. The minimum Gasteiger partial charge on any atom is -0.147 e.